The molecule has 1 atom stereocenters. The summed E-state index contributed by atoms with van der Waals surface area (Å²) in [5.74, 6) is 0. The summed E-state index contributed by atoms with van der Waals surface area (Å²) >= 11 is 1.80. The van der Waals surface area contributed by atoms with Crippen molar-refractivity contribution in [2.24, 2.45) is 0 Å². The normalized spacial score (nSPS) is 20.2. The number of nitrogens with one attached hydrogen (secondary N) is 1. The summed E-state index contributed by atoms with van der Waals surface area (Å²) in [7, 11) is 3.69. The molecule has 0 radical (unpaired) electrons. The van der Waals surface area contributed by atoms with Crippen LogP contribution < -0.4 is 10.2 Å². The Hall–Kier alpha value is -0.650. The summed E-state index contributed by atoms with van der Waals surface area (Å²) < 4.78 is 5.22. The van der Waals surface area contributed by atoms with E-state index in [-0.39, 0.29) is 0 Å². The lowest BCUT2D eigenvalue weighted by Crippen LogP contribution is -2.25. The van der Waals surface area contributed by atoms with Crippen molar-refractivity contribution in [2.45, 2.75) is 39.0 Å². The van der Waals surface area contributed by atoms with Crippen molar-refractivity contribution in [3.8, 4) is 0 Å². The number of hydrogen-bond acceptors (Lipinski definition) is 5. The monoisotopic (exact) mass is 255 g/mol. The molecule has 2 heterocycles. The molecule has 0 saturated carbocycles. The zero-order valence-electron chi connectivity index (χ0n) is 10.8. The van der Waals surface area contributed by atoms with Crippen LogP contribution in [0.4, 0.5) is 5.13 Å². The lowest BCUT2D eigenvalue weighted by molar-refractivity contribution is 0.181. The molecule has 1 aliphatic rings. The number of ether oxygens (including phenoxy) is 1. The van der Waals surface area contributed by atoms with Gasteiger partial charge in [0, 0.05) is 31.1 Å². The minimum Gasteiger partial charge on any atom is -0.378 e. The molecule has 0 amide bonds. The van der Waals surface area contributed by atoms with Crippen molar-refractivity contribution in [1.29, 1.82) is 0 Å². The number of thiazole rings is 1. The molecule has 4 nitrogen and oxygen atoms in total. The SMILES string of the molecule is CNCc1sc(N2CCCC2C)nc1COC. The Labute approximate surface area is 107 Å². The highest BCUT2D eigenvalue weighted by atomic mass is 32.1. The van der Waals surface area contributed by atoms with Crippen molar-refractivity contribution in [2.75, 3.05) is 25.6 Å². The third-order valence-electron chi connectivity index (χ3n) is 3.18. The number of methoxy groups -OCH3 is 1. The first-order valence-corrected chi connectivity index (χ1v) is 6.96. The molecule has 0 bridgehead atoms. The second-order valence-electron chi connectivity index (χ2n) is 4.51. The largest absolute Gasteiger partial charge is 0.378 e. The van der Waals surface area contributed by atoms with E-state index in [4.69, 9.17) is 9.72 Å². The second-order valence-corrected chi connectivity index (χ2v) is 5.58. The smallest absolute Gasteiger partial charge is 0.186 e. The van der Waals surface area contributed by atoms with Gasteiger partial charge in [0.15, 0.2) is 5.13 Å². The maximum Gasteiger partial charge on any atom is 0.186 e. The van der Waals surface area contributed by atoms with Gasteiger partial charge in [-0.25, -0.2) is 4.98 Å². The summed E-state index contributed by atoms with van der Waals surface area (Å²) in [5.41, 5.74) is 1.08. The number of rotatable bonds is 5. The number of anilines is 1. The van der Waals surface area contributed by atoms with Gasteiger partial charge in [0.05, 0.1) is 12.3 Å². The molecule has 0 aliphatic carbocycles. The fourth-order valence-corrected chi connectivity index (χ4v) is 3.46. The predicted molar refractivity (Wildman–Crippen MR) is 71.6 cm³/mol. The molecule has 0 aromatic carbocycles. The maximum absolute atomic E-state index is 5.22. The average Bonchev–Trinajstić information content (AvgIpc) is 2.87. The lowest BCUT2D eigenvalue weighted by atomic mass is 10.2. The van der Waals surface area contributed by atoms with Crippen molar-refractivity contribution in [1.82, 2.24) is 10.3 Å². The van der Waals surface area contributed by atoms with Crippen LogP contribution in [0.5, 0.6) is 0 Å². The quantitative estimate of drug-likeness (QED) is 0.873. The van der Waals surface area contributed by atoms with Gasteiger partial charge in [0.2, 0.25) is 0 Å². The van der Waals surface area contributed by atoms with Crippen LogP contribution in [0.2, 0.25) is 0 Å². The zero-order chi connectivity index (χ0) is 12.3. The van der Waals surface area contributed by atoms with Crippen LogP contribution in [-0.4, -0.2) is 31.7 Å². The average molecular weight is 255 g/mol. The van der Waals surface area contributed by atoms with E-state index in [1.54, 1.807) is 18.4 Å². The van der Waals surface area contributed by atoms with Gasteiger partial charge in [-0.1, -0.05) is 0 Å². The van der Waals surface area contributed by atoms with E-state index in [2.05, 4.69) is 17.1 Å². The molecule has 1 saturated heterocycles. The third kappa shape index (κ3) is 2.78. The number of hydrogen-bond donors (Lipinski definition) is 1. The minimum absolute atomic E-state index is 0.607. The number of nitrogens with zero attached hydrogens (tertiary/aromatic N) is 2. The standard InChI is InChI=1S/C12H21N3OS/c1-9-5-4-6-15(9)12-14-10(8-16-3)11(17-12)7-13-2/h9,13H,4-8H2,1-3H3. The van der Waals surface area contributed by atoms with Crippen LogP contribution >= 0.6 is 11.3 Å². The van der Waals surface area contributed by atoms with Crippen molar-refractivity contribution in [3.63, 3.8) is 0 Å². The molecule has 1 aromatic heterocycles. The van der Waals surface area contributed by atoms with Crippen LogP contribution in [0.25, 0.3) is 0 Å². The molecule has 1 unspecified atom stereocenters. The van der Waals surface area contributed by atoms with E-state index in [9.17, 15) is 0 Å². The number of aromatic nitrogens is 1. The van der Waals surface area contributed by atoms with Gasteiger partial charge >= 0.3 is 0 Å². The molecule has 2 rings (SSSR count). The van der Waals surface area contributed by atoms with Crippen molar-refractivity contribution in [3.05, 3.63) is 10.6 Å². The summed E-state index contributed by atoms with van der Waals surface area (Å²) in [6.07, 6.45) is 2.56. The van der Waals surface area contributed by atoms with E-state index in [1.807, 2.05) is 7.05 Å². The summed E-state index contributed by atoms with van der Waals surface area (Å²) in [6.45, 7) is 4.90. The van der Waals surface area contributed by atoms with Crippen LogP contribution in [0.1, 0.15) is 30.3 Å². The van der Waals surface area contributed by atoms with Gasteiger partial charge in [0.1, 0.15) is 0 Å². The van der Waals surface area contributed by atoms with Gasteiger partial charge in [-0.3, -0.25) is 0 Å². The first kappa shape index (κ1) is 12.8. The third-order valence-corrected chi connectivity index (χ3v) is 4.32. The Morgan fingerprint density at radius 1 is 1.59 bits per heavy atom. The van der Waals surface area contributed by atoms with E-state index in [1.165, 1.54) is 17.7 Å². The van der Waals surface area contributed by atoms with Crippen LogP contribution in [0.3, 0.4) is 0 Å². The molecule has 1 fully saturated rings. The Morgan fingerprint density at radius 3 is 3.00 bits per heavy atom. The maximum atomic E-state index is 5.22. The molecule has 17 heavy (non-hydrogen) atoms. The highest BCUT2D eigenvalue weighted by molar-refractivity contribution is 7.15. The second kappa shape index (κ2) is 5.80. The van der Waals surface area contributed by atoms with Gasteiger partial charge in [-0.15, -0.1) is 11.3 Å². The van der Waals surface area contributed by atoms with Crippen molar-refractivity contribution >= 4 is 16.5 Å². The van der Waals surface area contributed by atoms with Gasteiger partial charge in [-0.2, -0.15) is 0 Å². The Morgan fingerprint density at radius 2 is 2.41 bits per heavy atom. The fraction of sp³-hybridized carbons (Fsp3) is 0.750. The van der Waals surface area contributed by atoms with E-state index < -0.39 is 0 Å². The first-order chi connectivity index (χ1) is 8.26. The minimum atomic E-state index is 0.607. The molecular formula is C12H21N3OS. The molecule has 1 N–H and O–H groups in total. The molecule has 96 valence electrons. The summed E-state index contributed by atoms with van der Waals surface area (Å²) in [5, 5.41) is 4.35. The molecule has 1 aliphatic heterocycles. The van der Waals surface area contributed by atoms with Crippen LogP contribution in [-0.2, 0) is 17.9 Å². The lowest BCUT2D eigenvalue weighted by Gasteiger charge is -2.19. The highest BCUT2D eigenvalue weighted by Gasteiger charge is 2.24. The summed E-state index contributed by atoms with van der Waals surface area (Å²) in [6, 6.07) is 0.624. The van der Waals surface area contributed by atoms with Gasteiger partial charge in [0.25, 0.3) is 0 Å². The molecular weight excluding hydrogens is 234 g/mol. The molecule has 5 heteroatoms. The molecule has 1 aromatic rings. The Balaban J connectivity index is 2.19. The van der Waals surface area contributed by atoms with Gasteiger partial charge in [-0.05, 0) is 26.8 Å². The van der Waals surface area contributed by atoms with E-state index >= 15 is 0 Å². The Kier molecular flexibility index (Phi) is 4.36. The van der Waals surface area contributed by atoms with Crippen LogP contribution in [0.15, 0.2) is 0 Å². The molecule has 0 spiro atoms. The van der Waals surface area contributed by atoms with E-state index in [0.717, 1.165) is 23.9 Å². The van der Waals surface area contributed by atoms with Crippen LogP contribution in [0, 0.1) is 0 Å². The zero-order valence-corrected chi connectivity index (χ0v) is 11.6. The fourth-order valence-electron chi connectivity index (χ4n) is 2.26. The van der Waals surface area contributed by atoms with Crippen molar-refractivity contribution < 1.29 is 4.74 Å². The summed E-state index contributed by atoms with van der Waals surface area (Å²) in [4.78, 5) is 8.44. The van der Waals surface area contributed by atoms with Gasteiger partial charge < -0.3 is 15.0 Å². The first-order valence-electron chi connectivity index (χ1n) is 6.15. The topological polar surface area (TPSA) is 37.4 Å². The highest BCUT2D eigenvalue weighted by Crippen LogP contribution is 2.31. The Bertz CT molecular complexity index is 343. The predicted octanol–water partition coefficient (Wildman–Crippen LogP) is 2.00. The van der Waals surface area contributed by atoms with E-state index in [0.29, 0.717) is 12.6 Å².